The van der Waals surface area contributed by atoms with Gasteiger partial charge in [0.25, 0.3) is 0 Å². The third-order valence-electron chi connectivity index (χ3n) is 3.12. The van der Waals surface area contributed by atoms with E-state index in [2.05, 4.69) is 60.3 Å². The lowest BCUT2D eigenvalue weighted by Crippen LogP contribution is -1.85. The molecule has 1 nitrogen and oxygen atoms in total. The van der Waals surface area contributed by atoms with Crippen LogP contribution in [0.25, 0.3) is 21.8 Å². The Morgan fingerprint density at radius 3 is 2.50 bits per heavy atom. The van der Waals surface area contributed by atoms with Crippen molar-refractivity contribution >= 4 is 33.6 Å². The van der Waals surface area contributed by atoms with Crippen molar-refractivity contribution in [1.29, 1.82) is 0 Å². The van der Waals surface area contributed by atoms with E-state index in [1.807, 2.05) is 11.8 Å². The summed E-state index contributed by atoms with van der Waals surface area (Å²) >= 11 is 1.81. The zero-order valence-corrected chi connectivity index (χ0v) is 10.2. The number of nitrogens with zero attached hydrogens (tertiary/aromatic N) is 1. The van der Waals surface area contributed by atoms with E-state index in [-0.39, 0.29) is 0 Å². The van der Waals surface area contributed by atoms with E-state index in [9.17, 15) is 0 Å². The lowest BCUT2D eigenvalue weighted by molar-refractivity contribution is 1.01. The number of thioether (sulfide) groups is 1. The topological polar surface area (TPSA) is 4.93 Å². The first-order chi connectivity index (χ1) is 7.83. The van der Waals surface area contributed by atoms with E-state index < -0.39 is 0 Å². The number of rotatable bonds is 1. The number of fused-ring (bicyclic) bond motifs is 3. The van der Waals surface area contributed by atoms with Gasteiger partial charge in [0.15, 0.2) is 0 Å². The Bertz CT molecular complexity index is 667. The summed E-state index contributed by atoms with van der Waals surface area (Å²) in [6.07, 6.45) is 2.14. The molecule has 0 amide bonds. The van der Waals surface area contributed by atoms with E-state index in [0.29, 0.717) is 0 Å². The van der Waals surface area contributed by atoms with Gasteiger partial charge in [-0.2, -0.15) is 0 Å². The smallest absolute Gasteiger partial charge is 0.0500 e. The maximum atomic E-state index is 2.27. The lowest BCUT2D eigenvalue weighted by Gasteiger charge is -2.00. The van der Waals surface area contributed by atoms with Crippen LogP contribution in [0.15, 0.2) is 47.4 Å². The number of benzene rings is 2. The summed E-state index contributed by atoms with van der Waals surface area (Å²) in [7, 11) is 2.13. The molecule has 0 fully saturated rings. The SMILES string of the molecule is CSc1cccc2c1c1ccccc1n2C. The monoisotopic (exact) mass is 227 g/mol. The average Bonchev–Trinajstić information content (AvgIpc) is 2.64. The maximum absolute atomic E-state index is 2.27. The highest BCUT2D eigenvalue weighted by Gasteiger charge is 2.09. The third kappa shape index (κ3) is 1.20. The van der Waals surface area contributed by atoms with Crippen LogP contribution >= 0.6 is 11.8 Å². The van der Waals surface area contributed by atoms with Crippen LogP contribution in [0.4, 0.5) is 0 Å². The van der Waals surface area contributed by atoms with Gasteiger partial charge in [-0.3, -0.25) is 0 Å². The zero-order chi connectivity index (χ0) is 11.1. The van der Waals surface area contributed by atoms with Crippen LogP contribution in [0.2, 0.25) is 0 Å². The molecule has 0 atom stereocenters. The molecule has 0 bridgehead atoms. The molecule has 3 rings (SSSR count). The van der Waals surface area contributed by atoms with Crippen molar-refractivity contribution < 1.29 is 0 Å². The second-order valence-corrected chi connectivity index (χ2v) is 4.78. The number of para-hydroxylation sites is 1. The van der Waals surface area contributed by atoms with Crippen LogP contribution in [0.5, 0.6) is 0 Å². The highest BCUT2D eigenvalue weighted by Crippen LogP contribution is 2.34. The van der Waals surface area contributed by atoms with Crippen LogP contribution in [0, 0.1) is 0 Å². The molecule has 0 spiro atoms. The summed E-state index contributed by atoms with van der Waals surface area (Å²) in [5, 5.41) is 2.73. The fourth-order valence-electron chi connectivity index (χ4n) is 2.35. The van der Waals surface area contributed by atoms with E-state index in [1.54, 1.807) is 0 Å². The molecule has 1 heterocycles. The Kier molecular flexibility index (Phi) is 2.18. The lowest BCUT2D eigenvalue weighted by atomic mass is 10.1. The van der Waals surface area contributed by atoms with Gasteiger partial charge in [0, 0.05) is 33.7 Å². The Morgan fingerprint density at radius 1 is 0.938 bits per heavy atom. The van der Waals surface area contributed by atoms with Crippen LogP contribution in [0.1, 0.15) is 0 Å². The molecule has 16 heavy (non-hydrogen) atoms. The summed E-state index contributed by atoms with van der Waals surface area (Å²) < 4.78 is 2.27. The summed E-state index contributed by atoms with van der Waals surface area (Å²) in [6.45, 7) is 0. The van der Waals surface area contributed by atoms with E-state index >= 15 is 0 Å². The molecule has 2 aromatic carbocycles. The molecule has 0 saturated heterocycles. The Balaban J connectivity index is 2.62. The first-order valence-corrected chi connectivity index (χ1v) is 6.55. The van der Waals surface area contributed by atoms with Gasteiger partial charge in [-0.1, -0.05) is 24.3 Å². The Hall–Kier alpha value is -1.41. The molecule has 0 radical (unpaired) electrons. The summed E-state index contributed by atoms with van der Waals surface area (Å²) in [5.74, 6) is 0. The third-order valence-corrected chi connectivity index (χ3v) is 3.90. The number of aromatic nitrogens is 1. The van der Waals surface area contributed by atoms with E-state index in [0.717, 1.165) is 0 Å². The molecular weight excluding hydrogens is 214 g/mol. The second-order valence-electron chi connectivity index (χ2n) is 3.93. The van der Waals surface area contributed by atoms with Gasteiger partial charge >= 0.3 is 0 Å². The van der Waals surface area contributed by atoms with E-state index in [1.165, 1.54) is 26.7 Å². The minimum Gasteiger partial charge on any atom is -0.344 e. The van der Waals surface area contributed by atoms with Crippen LogP contribution in [-0.4, -0.2) is 10.8 Å². The van der Waals surface area contributed by atoms with Crippen molar-refractivity contribution in [3.63, 3.8) is 0 Å². The number of hydrogen-bond acceptors (Lipinski definition) is 1. The van der Waals surface area contributed by atoms with E-state index in [4.69, 9.17) is 0 Å². The molecular formula is C14H13NS. The zero-order valence-electron chi connectivity index (χ0n) is 9.40. The molecule has 80 valence electrons. The predicted octanol–water partition coefficient (Wildman–Crippen LogP) is 4.05. The van der Waals surface area contributed by atoms with Crippen LogP contribution in [-0.2, 0) is 7.05 Å². The molecule has 1 aromatic heterocycles. The normalized spacial score (nSPS) is 11.4. The Morgan fingerprint density at radius 2 is 1.69 bits per heavy atom. The first kappa shape index (κ1) is 9.79. The summed E-state index contributed by atoms with van der Waals surface area (Å²) in [5.41, 5.74) is 2.62. The van der Waals surface area contributed by atoms with Gasteiger partial charge < -0.3 is 4.57 Å². The maximum Gasteiger partial charge on any atom is 0.0500 e. The van der Waals surface area contributed by atoms with Crippen molar-refractivity contribution in [3.8, 4) is 0 Å². The molecule has 0 unspecified atom stereocenters. The Labute approximate surface area is 99.1 Å². The van der Waals surface area contributed by atoms with Gasteiger partial charge in [0.05, 0.1) is 0 Å². The summed E-state index contributed by atoms with van der Waals surface area (Å²) in [4.78, 5) is 1.36. The van der Waals surface area contributed by atoms with Crippen molar-refractivity contribution in [1.82, 2.24) is 4.57 Å². The van der Waals surface area contributed by atoms with Crippen molar-refractivity contribution in [3.05, 3.63) is 42.5 Å². The minimum atomic E-state index is 1.30. The fourth-order valence-corrected chi connectivity index (χ4v) is 2.98. The van der Waals surface area contributed by atoms with Gasteiger partial charge in [-0.25, -0.2) is 0 Å². The van der Waals surface area contributed by atoms with Crippen LogP contribution < -0.4 is 0 Å². The first-order valence-electron chi connectivity index (χ1n) is 5.33. The summed E-state index contributed by atoms with van der Waals surface area (Å²) in [6, 6.07) is 15.1. The van der Waals surface area contributed by atoms with Crippen molar-refractivity contribution in [2.75, 3.05) is 6.26 Å². The van der Waals surface area contributed by atoms with Crippen molar-refractivity contribution in [2.24, 2.45) is 7.05 Å². The highest BCUT2D eigenvalue weighted by molar-refractivity contribution is 7.98. The molecule has 0 N–H and O–H groups in total. The van der Waals surface area contributed by atoms with Gasteiger partial charge in [-0.15, -0.1) is 11.8 Å². The predicted molar refractivity (Wildman–Crippen MR) is 72.2 cm³/mol. The average molecular weight is 227 g/mol. The number of aryl methyl sites for hydroxylation is 1. The second kappa shape index (κ2) is 3.56. The quantitative estimate of drug-likeness (QED) is 0.568. The van der Waals surface area contributed by atoms with Gasteiger partial charge in [0.1, 0.15) is 0 Å². The molecule has 0 aliphatic heterocycles. The molecule has 0 aliphatic carbocycles. The highest BCUT2D eigenvalue weighted by atomic mass is 32.2. The van der Waals surface area contributed by atoms with Gasteiger partial charge in [-0.05, 0) is 24.5 Å². The molecule has 0 saturated carbocycles. The number of hydrogen-bond donors (Lipinski definition) is 0. The standard InChI is InChI=1S/C14H13NS/c1-15-11-7-4-3-6-10(11)14-12(15)8-5-9-13(14)16-2/h3-9H,1-2H3. The minimum absolute atomic E-state index is 1.30. The van der Waals surface area contributed by atoms with Gasteiger partial charge in [0.2, 0.25) is 0 Å². The van der Waals surface area contributed by atoms with Crippen LogP contribution in [0.3, 0.4) is 0 Å². The largest absolute Gasteiger partial charge is 0.344 e. The fraction of sp³-hybridized carbons (Fsp3) is 0.143. The molecule has 0 aliphatic rings. The molecule has 2 heteroatoms. The molecule has 3 aromatic rings. The van der Waals surface area contributed by atoms with Crippen molar-refractivity contribution in [2.45, 2.75) is 4.90 Å².